The number of nitrogens with zero attached hydrogens (tertiary/aromatic N) is 2. The number of nitrogens with one attached hydrogen (secondary N) is 2. The summed E-state index contributed by atoms with van der Waals surface area (Å²) in [6.07, 6.45) is -2.99. The lowest BCUT2D eigenvalue weighted by Gasteiger charge is -2.12. The smallest absolute Gasteiger partial charge is 0.416 e. The molecule has 0 heterocycles. The van der Waals surface area contributed by atoms with Gasteiger partial charge in [0, 0.05) is 6.07 Å². The highest BCUT2D eigenvalue weighted by atomic mass is 19.4. The number of rotatable bonds is 5. The standard InChI is InChI=1S/C13H12F3N5O/c14-13(15,16)7-3-8(20-21-11(6-17)12(18)19)5-10(4-7)22-9-1-2-9/h3-5,9,20H,1-2H2,(H3,18,19)/b21-11+. The zero-order chi connectivity index (χ0) is 16.3. The van der Waals surface area contributed by atoms with Crippen molar-refractivity contribution in [1.29, 1.82) is 10.7 Å². The number of amidine groups is 1. The van der Waals surface area contributed by atoms with E-state index in [1.54, 1.807) is 6.07 Å². The fourth-order valence-corrected chi connectivity index (χ4v) is 1.54. The van der Waals surface area contributed by atoms with E-state index in [1.807, 2.05) is 0 Å². The first-order valence-electron chi connectivity index (χ1n) is 6.26. The Labute approximate surface area is 123 Å². The summed E-state index contributed by atoms with van der Waals surface area (Å²) in [7, 11) is 0. The summed E-state index contributed by atoms with van der Waals surface area (Å²) in [6.45, 7) is 0. The Morgan fingerprint density at radius 1 is 1.41 bits per heavy atom. The zero-order valence-corrected chi connectivity index (χ0v) is 11.2. The van der Waals surface area contributed by atoms with Gasteiger partial charge in [0.15, 0.2) is 5.84 Å². The molecule has 1 aliphatic rings. The minimum atomic E-state index is -4.54. The van der Waals surface area contributed by atoms with Crippen molar-refractivity contribution >= 4 is 17.2 Å². The number of benzene rings is 1. The predicted molar refractivity (Wildman–Crippen MR) is 73.7 cm³/mol. The van der Waals surface area contributed by atoms with Gasteiger partial charge in [0.05, 0.1) is 17.4 Å². The Hall–Kier alpha value is -2.76. The highest BCUT2D eigenvalue weighted by Crippen LogP contribution is 2.36. The molecule has 1 aliphatic carbocycles. The Bertz CT molecular complexity index is 659. The van der Waals surface area contributed by atoms with Gasteiger partial charge in [-0.3, -0.25) is 10.8 Å². The number of ether oxygens (including phenoxy) is 1. The van der Waals surface area contributed by atoms with E-state index in [4.69, 9.17) is 21.1 Å². The van der Waals surface area contributed by atoms with Crippen molar-refractivity contribution in [2.75, 3.05) is 5.43 Å². The molecule has 0 unspecified atom stereocenters. The summed E-state index contributed by atoms with van der Waals surface area (Å²) in [5, 5.41) is 19.3. The van der Waals surface area contributed by atoms with Gasteiger partial charge in [-0.25, -0.2) is 0 Å². The molecule has 0 aliphatic heterocycles. The second-order valence-electron chi connectivity index (χ2n) is 4.66. The number of hydrogen-bond acceptors (Lipinski definition) is 5. The highest BCUT2D eigenvalue weighted by molar-refractivity contribution is 6.45. The van der Waals surface area contributed by atoms with Crippen LogP contribution in [0, 0.1) is 16.7 Å². The molecule has 0 radical (unpaired) electrons. The van der Waals surface area contributed by atoms with E-state index in [1.165, 1.54) is 6.07 Å². The SMILES string of the molecule is N#C/C(=N\Nc1cc(OC2CC2)cc(C(F)(F)F)c1)C(=N)N. The third-order valence-corrected chi connectivity index (χ3v) is 2.72. The van der Waals surface area contributed by atoms with Crippen molar-refractivity contribution in [2.24, 2.45) is 10.8 Å². The van der Waals surface area contributed by atoms with E-state index in [2.05, 4.69) is 10.5 Å². The van der Waals surface area contributed by atoms with Crippen LogP contribution in [0.4, 0.5) is 18.9 Å². The molecule has 0 aromatic heterocycles. The van der Waals surface area contributed by atoms with Crippen LogP contribution in [0.15, 0.2) is 23.3 Å². The molecule has 1 aromatic carbocycles. The zero-order valence-electron chi connectivity index (χ0n) is 11.2. The van der Waals surface area contributed by atoms with Gasteiger partial charge >= 0.3 is 6.18 Å². The van der Waals surface area contributed by atoms with Crippen LogP contribution in [0.25, 0.3) is 0 Å². The number of hydrogen-bond donors (Lipinski definition) is 3. The molecule has 0 atom stereocenters. The molecule has 1 fully saturated rings. The largest absolute Gasteiger partial charge is 0.490 e. The molecule has 0 bridgehead atoms. The molecule has 1 saturated carbocycles. The summed E-state index contributed by atoms with van der Waals surface area (Å²) in [6, 6.07) is 4.64. The number of alkyl halides is 3. The molecule has 6 nitrogen and oxygen atoms in total. The molecule has 9 heteroatoms. The lowest BCUT2D eigenvalue weighted by Crippen LogP contribution is -2.21. The lowest BCUT2D eigenvalue weighted by atomic mass is 10.2. The van der Waals surface area contributed by atoms with Crippen LogP contribution in [0.5, 0.6) is 5.75 Å². The number of nitriles is 1. The van der Waals surface area contributed by atoms with Gasteiger partial charge in [-0.2, -0.15) is 23.5 Å². The Morgan fingerprint density at radius 2 is 2.09 bits per heavy atom. The van der Waals surface area contributed by atoms with Gasteiger partial charge in [0.25, 0.3) is 0 Å². The molecule has 4 N–H and O–H groups in total. The van der Waals surface area contributed by atoms with Crippen LogP contribution in [0.2, 0.25) is 0 Å². The molecule has 0 saturated heterocycles. The average Bonchev–Trinajstić information content (AvgIpc) is 3.21. The molecule has 0 spiro atoms. The van der Waals surface area contributed by atoms with E-state index in [-0.39, 0.29) is 17.5 Å². The lowest BCUT2D eigenvalue weighted by molar-refractivity contribution is -0.137. The Balaban J connectivity index is 2.29. The maximum atomic E-state index is 12.9. The fourth-order valence-electron chi connectivity index (χ4n) is 1.54. The van der Waals surface area contributed by atoms with Gasteiger partial charge in [-0.15, -0.1) is 0 Å². The van der Waals surface area contributed by atoms with E-state index in [9.17, 15) is 13.2 Å². The molecule has 116 valence electrons. The van der Waals surface area contributed by atoms with E-state index >= 15 is 0 Å². The van der Waals surface area contributed by atoms with Crippen molar-refractivity contribution in [3.63, 3.8) is 0 Å². The van der Waals surface area contributed by atoms with Gasteiger partial charge in [0.1, 0.15) is 11.8 Å². The van der Waals surface area contributed by atoms with Crippen molar-refractivity contribution < 1.29 is 17.9 Å². The molecule has 2 rings (SSSR count). The van der Waals surface area contributed by atoms with Gasteiger partial charge in [0.2, 0.25) is 5.71 Å². The van der Waals surface area contributed by atoms with E-state index in [0.29, 0.717) is 0 Å². The molecule has 0 amide bonds. The van der Waals surface area contributed by atoms with Crippen LogP contribution in [-0.4, -0.2) is 17.7 Å². The van der Waals surface area contributed by atoms with Crippen molar-refractivity contribution in [1.82, 2.24) is 0 Å². The second kappa shape index (κ2) is 5.93. The second-order valence-corrected chi connectivity index (χ2v) is 4.66. The number of anilines is 1. The summed E-state index contributed by atoms with van der Waals surface area (Å²) in [5.74, 6) is -0.521. The van der Waals surface area contributed by atoms with Gasteiger partial charge in [-0.1, -0.05) is 0 Å². The van der Waals surface area contributed by atoms with Crippen LogP contribution in [-0.2, 0) is 6.18 Å². The summed E-state index contributed by atoms with van der Waals surface area (Å²) < 4.78 is 44.0. The molecular weight excluding hydrogens is 299 g/mol. The normalized spacial score (nSPS) is 15.1. The van der Waals surface area contributed by atoms with Crippen LogP contribution in [0.3, 0.4) is 0 Å². The van der Waals surface area contributed by atoms with Crippen molar-refractivity contribution in [3.05, 3.63) is 23.8 Å². The van der Waals surface area contributed by atoms with Crippen LogP contribution in [0.1, 0.15) is 18.4 Å². The summed E-state index contributed by atoms with van der Waals surface area (Å²) in [5.41, 5.74) is 6.05. The number of nitrogens with two attached hydrogens (primary N) is 1. The molecular formula is C13H12F3N5O. The Kier molecular flexibility index (Phi) is 4.21. The minimum absolute atomic E-state index is 0.0144. The first kappa shape index (κ1) is 15.6. The monoisotopic (exact) mass is 311 g/mol. The van der Waals surface area contributed by atoms with Crippen molar-refractivity contribution in [2.45, 2.75) is 25.1 Å². The van der Waals surface area contributed by atoms with Crippen molar-refractivity contribution in [3.8, 4) is 11.8 Å². The van der Waals surface area contributed by atoms with E-state index < -0.39 is 23.3 Å². The third kappa shape index (κ3) is 4.12. The predicted octanol–water partition coefficient (Wildman–Crippen LogP) is 2.47. The maximum Gasteiger partial charge on any atom is 0.416 e. The van der Waals surface area contributed by atoms with Crippen LogP contribution >= 0.6 is 0 Å². The topological polar surface area (TPSA) is 107 Å². The first-order chi connectivity index (χ1) is 10.3. The summed E-state index contributed by atoms with van der Waals surface area (Å²) >= 11 is 0. The van der Waals surface area contributed by atoms with E-state index in [0.717, 1.165) is 25.0 Å². The number of halogens is 3. The molecule has 22 heavy (non-hydrogen) atoms. The minimum Gasteiger partial charge on any atom is -0.490 e. The highest BCUT2D eigenvalue weighted by Gasteiger charge is 2.32. The quantitative estimate of drug-likeness (QED) is 0.441. The first-order valence-corrected chi connectivity index (χ1v) is 6.26. The number of hydrazone groups is 1. The summed E-state index contributed by atoms with van der Waals surface area (Å²) in [4.78, 5) is 0. The molecule has 1 aromatic rings. The van der Waals surface area contributed by atoms with Gasteiger partial charge in [-0.05, 0) is 25.0 Å². The third-order valence-electron chi connectivity index (χ3n) is 2.72. The maximum absolute atomic E-state index is 12.9. The van der Waals surface area contributed by atoms with Gasteiger partial charge < -0.3 is 10.5 Å². The fraction of sp³-hybridized carbons (Fsp3) is 0.308. The average molecular weight is 311 g/mol. The Morgan fingerprint density at radius 3 is 2.59 bits per heavy atom. The van der Waals surface area contributed by atoms with Crippen LogP contribution < -0.4 is 15.9 Å².